The first-order valence-corrected chi connectivity index (χ1v) is 10.7. The summed E-state index contributed by atoms with van der Waals surface area (Å²) >= 11 is 0. The lowest BCUT2D eigenvalue weighted by atomic mass is 10.1. The Labute approximate surface area is 172 Å². The van der Waals surface area contributed by atoms with E-state index in [-0.39, 0.29) is 29.1 Å². The Hall–Kier alpha value is -2.59. The molecule has 1 aliphatic heterocycles. The predicted octanol–water partition coefficient (Wildman–Crippen LogP) is 3.40. The molecule has 0 aromatic heterocycles. The van der Waals surface area contributed by atoms with Crippen LogP contribution in [-0.2, 0) is 27.8 Å². The molecule has 1 unspecified atom stereocenters. The molecule has 1 aliphatic rings. The molecule has 30 heavy (non-hydrogen) atoms. The molecule has 6 nitrogen and oxygen atoms in total. The molecule has 1 heterocycles. The zero-order valence-corrected chi connectivity index (χ0v) is 17.2. The number of nitrogens with zero attached hydrogens (tertiary/aromatic N) is 1. The third-order valence-electron chi connectivity index (χ3n) is 4.71. The first kappa shape index (κ1) is 22.1. The SMILES string of the molecule is CC(=O)N1c2ccc(S(=O)(=O)NCc3ccc(OCC(F)(F)F)cc3)cc2CC1C. The van der Waals surface area contributed by atoms with Crippen LogP contribution in [0.25, 0.3) is 0 Å². The molecular weight excluding hydrogens is 421 g/mol. The van der Waals surface area contributed by atoms with Crippen LogP contribution in [0.1, 0.15) is 25.0 Å². The lowest BCUT2D eigenvalue weighted by Gasteiger charge is -2.20. The van der Waals surface area contributed by atoms with Crippen molar-refractivity contribution >= 4 is 21.6 Å². The minimum Gasteiger partial charge on any atom is -0.484 e. The molecule has 2 aromatic rings. The maximum Gasteiger partial charge on any atom is 0.422 e. The number of carbonyl (C=O) groups excluding carboxylic acids is 1. The Kier molecular flexibility index (Phi) is 6.09. The van der Waals surface area contributed by atoms with Gasteiger partial charge in [-0.15, -0.1) is 0 Å². The van der Waals surface area contributed by atoms with Crippen LogP contribution in [0.4, 0.5) is 18.9 Å². The van der Waals surface area contributed by atoms with Crippen molar-refractivity contribution in [3.63, 3.8) is 0 Å². The van der Waals surface area contributed by atoms with E-state index in [2.05, 4.69) is 9.46 Å². The summed E-state index contributed by atoms with van der Waals surface area (Å²) in [7, 11) is -3.81. The summed E-state index contributed by atoms with van der Waals surface area (Å²) in [6.07, 6.45) is -3.86. The van der Waals surface area contributed by atoms with Gasteiger partial charge in [-0.3, -0.25) is 4.79 Å². The summed E-state index contributed by atoms with van der Waals surface area (Å²) in [5.41, 5.74) is 2.06. The molecule has 10 heteroatoms. The van der Waals surface area contributed by atoms with E-state index in [4.69, 9.17) is 0 Å². The molecule has 0 saturated heterocycles. The summed E-state index contributed by atoms with van der Waals surface area (Å²) in [5.74, 6) is -0.0562. The number of alkyl halides is 3. The third-order valence-corrected chi connectivity index (χ3v) is 6.11. The smallest absolute Gasteiger partial charge is 0.422 e. The van der Waals surface area contributed by atoms with Gasteiger partial charge in [0.2, 0.25) is 15.9 Å². The summed E-state index contributed by atoms with van der Waals surface area (Å²) in [6.45, 7) is 1.94. The second-order valence-electron chi connectivity index (χ2n) is 7.11. The van der Waals surface area contributed by atoms with Crippen molar-refractivity contribution in [3.05, 3.63) is 53.6 Å². The summed E-state index contributed by atoms with van der Waals surface area (Å²) in [5, 5.41) is 0. The van der Waals surface area contributed by atoms with Gasteiger partial charge in [0.05, 0.1) is 4.90 Å². The summed E-state index contributed by atoms with van der Waals surface area (Å²) in [6, 6.07) is 10.3. The Morgan fingerprint density at radius 2 is 1.87 bits per heavy atom. The highest BCUT2D eigenvalue weighted by molar-refractivity contribution is 7.89. The largest absolute Gasteiger partial charge is 0.484 e. The number of benzene rings is 2. The molecule has 3 rings (SSSR count). The van der Waals surface area contributed by atoms with Gasteiger partial charge >= 0.3 is 6.18 Å². The van der Waals surface area contributed by atoms with Gasteiger partial charge in [0.15, 0.2) is 6.61 Å². The Morgan fingerprint density at radius 3 is 2.47 bits per heavy atom. The fraction of sp³-hybridized carbons (Fsp3) is 0.350. The van der Waals surface area contributed by atoms with E-state index in [9.17, 15) is 26.4 Å². The second-order valence-corrected chi connectivity index (χ2v) is 8.87. The lowest BCUT2D eigenvalue weighted by Crippen LogP contribution is -2.33. The molecule has 0 saturated carbocycles. The van der Waals surface area contributed by atoms with Crippen LogP contribution in [-0.4, -0.2) is 33.1 Å². The van der Waals surface area contributed by atoms with E-state index >= 15 is 0 Å². The van der Waals surface area contributed by atoms with Crippen LogP contribution in [0.5, 0.6) is 5.75 Å². The highest BCUT2D eigenvalue weighted by atomic mass is 32.2. The minimum atomic E-state index is -4.43. The van der Waals surface area contributed by atoms with Gasteiger partial charge in [0.1, 0.15) is 5.75 Å². The Morgan fingerprint density at radius 1 is 1.20 bits per heavy atom. The minimum absolute atomic E-state index is 0.0328. The van der Waals surface area contributed by atoms with Crippen LogP contribution in [0.2, 0.25) is 0 Å². The van der Waals surface area contributed by atoms with Crippen LogP contribution < -0.4 is 14.4 Å². The number of hydrogen-bond acceptors (Lipinski definition) is 4. The van der Waals surface area contributed by atoms with E-state index in [1.807, 2.05) is 6.92 Å². The maximum atomic E-state index is 12.6. The number of carbonyl (C=O) groups is 1. The first-order chi connectivity index (χ1) is 14.0. The number of sulfonamides is 1. The molecule has 1 N–H and O–H groups in total. The molecule has 0 aliphatic carbocycles. The van der Waals surface area contributed by atoms with Crippen molar-refractivity contribution in [3.8, 4) is 5.75 Å². The monoisotopic (exact) mass is 442 g/mol. The van der Waals surface area contributed by atoms with Crippen molar-refractivity contribution in [2.45, 2.75) is 43.9 Å². The molecule has 0 bridgehead atoms. The average Bonchev–Trinajstić information content (AvgIpc) is 3.00. The number of halogens is 3. The van der Waals surface area contributed by atoms with E-state index in [0.29, 0.717) is 17.7 Å². The zero-order valence-electron chi connectivity index (χ0n) is 16.4. The van der Waals surface area contributed by atoms with E-state index in [1.54, 1.807) is 17.0 Å². The molecule has 2 aromatic carbocycles. The molecule has 0 radical (unpaired) electrons. The van der Waals surface area contributed by atoms with Gasteiger partial charge in [-0.25, -0.2) is 13.1 Å². The number of anilines is 1. The number of rotatable bonds is 6. The van der Waals surface area contributed by atoms with Crippen molar-refractivity contribution in [2.75, 3.05) is 11.5 Å². The molecule has 1 atom stereocenters. The van der Waals surface area contributed by atoms with Crippen molar-refractivity contribution in [1.82, 2.24) is 4.72 Å². The van der Waals surface area contributed by atoms with Crippen molar-refractivity contribution < 1.29 is 31.1 Å². The van der Waals surface area contributed by atoms with Crippen molar-refractivity contribution in [2.24, 2.45) is 0 Å². The van der Waals surface area contributed by atoms with Crippen LogP contribution >= 0.6 is 0 Å². The zero-order chi connectivity index (χ0) is 22.1. The van der Waals surface area contributed by atoms with E-state index in [0.717, 1.165) is 5.56 Å². The topological polar surface area (TPSA) is 75.7 Å². The number of hydrogen-bond donors (Lipinski definition) is 1. The predicted molar refractivity (Wildman–Crippen MR) is 105 cm³/mol. The molecular formula is C20H21F3N2O4S. The highest BCUT2D eigenvalue weighted by Gasteiger charge is 2.30. The molecule has 1 amide bonds. The maximum absolute atomic E-state index is 12.6. The van der Waals surface area contributed by atoms with Gasteiger partial charge in [-0.05, 0) is 54.8 Å². The van der Waals surface area contributed by atoms with Gasteiger partial charge in [0, 0.05) is 25.2 Å². The average molecular weight is 442 g/mol. The quantitative estimate of drug-likeness (QED) is 0.744. The first-order valence-electron chi connectivity index (χ1n) is 9.17. The Bertz CT molecular complexity index is 1040. The van der Waals surface area contributed by atoms with Gasteiger partial charge in [0.25, 0.3) is 0 Å². The summed E-state index contributed by atoms with van der Waals surface area (Å²) < 4.78 is 68.9. The lowest BCUT2D eigenvalue weighted by molar-refractivity contribution is -0.153. The van der Waals surface area contributed by atoms with Crippen LogP contribution in [0.3, 0.4) is 0 Å². The molecule has 0 spiro atoms. The van der Waals surface area contributed by atoms with Crippen LogP contribution in [0.15, 0.2) is 47.4 Å². The highest BCUT2D eigenvalue weighted by Crippen LogP contribution is 2.33. The number of fused-ring (bicyclic) bond motifs is 1. The van der Waals surface area contributed by atoms with Gasteiger partial charge < -0.3 is 9.64 Å². The fourth-order valence-corrected chi connectivity index (χ4v) is 4.45. The van der Waals surface area contributed by atoms with Crippen LogP contribution in [0, 0.1) is 0 Å². The third kappa shape index (κ3) is 5.11. The van der Waals surface area contributed by atoms with E-state index < -0.39 is 22.8 Å². The molecule has 162 valence electrons. The Balaban J connectivity index is 1.66. The summed E-state index contributed by atoms with van der Waals surface area (Å²) in [4.78, 5) is 13.5. The molecule has 0 fully saturated rings. The van der Waals surface area contributed by atoms with Gasteiger partial charge in [-0.2, -0.15) is 13.2 Å². The second kappa shape index (κ2) is 8.27. The van der Waals surface area contributed by atoms with Crippen molar-refractivity contribution in [1.29, 1.82) is 0 Å². The number of amides is 1. The standard InChI is InChI=1S/C20H21F3N2O4S/c1-13-9-16-10-18(7-8-19(16)25(13)14(2)26)30(27,28)24-11-15-3-5-17(6-4-15)29-12-20(21,22)23/h3-8,10,13,24H,9,11-12H2,1-2H3. The normalized spacial score (nSPS) is 16.4. The number of ether oxygens (including phenoxy) is 1. The fourth-order valence-electron chi connectivity index (χ4n) is 3.38. The van der Waals surface area contributed by atoms with Gasteiger partial charge in [-0.1, -0.05) is 12.1 Å². The number of nitrogens with one attached hydrogen (secondary N) is 1. The van der Waals surface area contributed by atoms with E-state index in [1.165, 1.54) is 37.3 Å².